The molecule has 1 unspecified atom stereocenters. The Labute approximate surface area is 80.6 Å². The van der Waals surface area contributed by atoms with Crippen LogP contribution in [0.3, 0.4) is 0 Å². The molecule has 0 aromatic heterocycles. The van der Waals surface area contributed by atoms with Gasteiger partial charge in [-0.1, -0.05) is 0 Å². The molecule has 0 bridgehead atoms. The van der Waals surface area contributed by atoms with Crippen LogP contribution in [0, 0.1) is 5.92 Å². The van der Waals surface area contributed by atoms with Gasteiger partial charge >= 0.3 is 0 Å². The third-order valence-electron chi connectivity index (χ3n) is 1.99. The van der Waals surface area contributed by atoms with Gasteiger partial charge in [-0.15, -0.1) is 16.7 Å². The van der Waals surface area contributed by atoms with Crippen molar-refractivity contribution in [2.75, 3.05) is 6.61 Å². The monoisotopic (exact) mass is 200 g/mol. The SMILES string of the molecule is O=C1N=NC=C(OCC2CC2)C1Cl. The third kappa shape index (κ3) is 2.06. The van der Waals surface area contributed by atoms with Crippen molar-refractivity contribution in [3.05, 3.63) is 12.0 Å². The van der Waals surface area contributed by atoms with Crippen molar-refractivity contribution in [1.82, 2.24) is 0 Å². The molecule has 0 N–H and O–H groups in total. The fourth-order valence-electron chi connectivity index (χ4n) is 0.990. The lowest BCUT2D eigenvalue weighted by atomic mass is 10.3. The lowest BCUT2D eigenvalue weighted by molar-refractivity contribution is -0.118. The van der Waals surface area contributed by atoms with Crippen molar-refractivity contribution >= 4 is 17.5 Å². The van der Waals surface area contributed by atoms with Crippen LogP contribution in [0.15, 0.2) is 22.2 Å². The highest BCUT2D eigenvalue weighted by atomic mass is 35.5. The minimum atomic E-state index is -0.781. The van der Waals surface area contributed by atoms with Crippen LogP contribution in [0.1, 0.15) is 12.8 Å². The number of hydrogen-bond acceptors (Lipinski definition) is 3. The van der Waals surface area contributed by atoms with Crippen molar-refractivity contribution < 1.29 is 9.53 Å². The summed E-state index contributed by atoms with van der Waals surface area (Å²) in [5.74, 6) is 0.613. The molecule has 2 aliphatic rings. The molecule has 0 radical (unpaired) electrons. The summed E-state index contributed by atoms with van der Waals surface area (Å²) in [5, 5.41) is 6.01. The highest BCUT2D eigenvalue weighted by molar-refractivity contribution is 6.32. The minimum absolute atomic E-state index is 0.425. The van der Waals surface area contributed by atoms with E-state index in [0.717, 1.165) is 0 Å². The van der Waals surface area contributed by atoms with E-state index in [0.29, 0.717) is 18.3 Å². The number of carbonyl (C=O) groups is 1. The number of alkyl halides is 1. The highest BCUT2D eigenvalue weighted by Gasteiger charge is 2.28. The van der Waals surface area contributed by atoms with Crippen LogP contribution in [0.4, 0.5) is 0 Å². The third-order valence-corrected chi connectivity index (χ3v) is 2.39. The van der Waals surface area contributed by atoms with Gasteiger partial charge in [-0.25, -0.2) is 0 Å². The molecule has 4 nitrogen and oxygen atoms in total. The van der Waals surface area contributed by atoms with E-state index in [9.17, 15) is 4.79 Å². The lowest BCUT2D eigenvalue weighted by Gasteiger charge is -2.13. The Balaban J connectivity index is 1.91. The Morgan fingerprint density at radius 3 is 3.08 bits per heavy atom. The normalized spacial score (nSPS) is 27.3. The molecule has 1 heterocycles. The number of azo groups is 1. The van der Waals surface area contributed by atoms with Crippen molar-refractivity contribution in [2.24, 2.45) is 16.1 Å². The first-order valence-electron chi connectivity index (χ1n) is 4.19. The topological polar surface area (TPSA) is 51.0 Å². The second-order valence-electron chi connectivity index (χ2n) is 3.20. The molecular weight excluding hydrogens is 192 g/mol. The first kappa shape index (κ1) is 8.69. The van der Waals surface area contributed by atoms with Crippen LogP contribution in [-0.2, 0) is 9.53 Å². The van der Waals surface area contributed by atoms with Gasteiger partial charge in [0.15, 0.2) is 5.38 Å². The van der Waals surface area contributed by atoms with E-state index in [2.05, 4.69) is 10.2 Å². The van der Waals surface area contributed by atoms with Crippen LogP contribution in [-0.4, -0.2) is 17.9 Å². The quantitative estimate of drug-likeness (QED) is 0.653. The van der Waals surface area contributed by atoms with Gasteiger partial charge in [-0.3, -0.25) is 4.79 Å². The fraction of sp³-hybridized carbons (Fsp3) is 0.625. The molecule has 1 atom stereocenters. The van der Waals surface area contributed by atoms with Crippen LogP contribution >= 0.6 is 11.6 Å². The van der Waals surface area contributed by atoms with Gasteiger partial charge in [0.2, 0.25) is 0 Å². The number of nitrogens with zero attached hydrogens (tertiary/aromatic N) is 2. The number of amides is 1. The molecule has 1 amide bonds. The maximum absolute atomic E-state index is 11.0. The van der Waals surface area contributed by atoms with E-state index in [-0.39, 0.29) is 0 Å². The predicted molar refractivity (Wildman–Crippen MR) is 46.3 cm³/mol. The Kier molecular flexibility index (Phi) is 2.31. The Morgan fingerprint density at radius 2 is 2.38 bits per heavy atom. The Morgan fingerprint density at radius 1 is 1.62 bits per heavy atom. The molecule has 1 aliphatic carbocycles. The van der Waals surface area contributed by atoms with Crippen LogP contribution < -0.4 is 0 Å². The van der Waals surface area contributed by atoms with Crippen LogP contribution in [0.5, 0.6) is 0 Å². The van der Waals surface area contributed by atoms with Gasteiger partial charge in [-0.05, 0) is 18.8 Å². The number of rotatable bonds is 3. The fourth-order valence-corrected chi connectivity index (χ4v) is 1.15. The molecule has 5 heteroatoms. The largest absolute Gasteiger partial charge is 0.494 e. The highest BCUT2D eigenvalue weighted by Crippen LogP contribution is 2.30. The molecule has 1 fully saturated rings. The second-order valence-corrected chi connectivity index (χ2v) is 3.64. The van der Waals surface area contributed by atoms with E-state index in [4.69, 9.17) is 16.3 Å². The van der Waals surface area contributed by atoms with Crippen LogP contribution in [0.25, 0.3) is 0 Å². The summed E-state index contributed by atoms with van der Waals surface area (Å²) in [5.41, 5.74) is 0. The first-order valence-corrected chi connectivity index (χ1v) is 4.62. The number of hydrogen-bond donors (Lipinski definition) is 0. The van der Waals surface area contributed by atoms with E-state index >= 15 is 0 Å². The van der Waals surface area contributed by atoms with E-state index < -0.39 is 11.3 Å². The zero-order valence-electron chi connectivity index (χ0n) is 6.94. The van der Waals surface area contributed by atoms with Gasteiger partial charge in [0, 0.05) is 0 Å². The summed E-state index contributed by atoms with van der Waals surface area (Å²) in [6, 6.07) is 0. The van der Waals surface area contributed by atoms with E-state index in [1.54, 1.807) is 0 Å². The molecule has 0 aromatic carbocycles. The second kappa shape index (κ2) is 3.46. The van der Waals surface area contributed by atoms with E-state index in [1.165, 1.54) is 19.0 Å². The number of halogens is 1. The van der Waals surface area contributed by atoms with Crippen molar-refractivity contribution in [3.63, 3.8) is 0 Å². The molecule has 1 saturated carbocycles. The lowest BCUT2D eigenvalue weighted by Crippen LogP contribution is -2.19. The average molecular weight is 201 g/mol. The number of carbonyl (C=O) groups excluding carboxylic acids is 1. The van der Waals surface area contributed by atoms with Crippen molar-refractivity contribution in [3.8, 4) is 0 Å². The zero-order chi connectivity index (χ0) is 9.26. The van der Waals surface area contributed by atoms with Gasteiger partial charge in [0.05, 0.1) is 12.8 Å². The molecule has 0 spiro atoms. The van der Waals surface area contributed by atoms with Crippen molar-refractivity contribution in [1.29, 1.82) is 0 Å². The Bertz CT molecular complexity index is 284. The van der Waals surface area contributed by atoms with Crippen LogP contribution in [0.2, 0.25) is 0 Å². The summed E-state index contributed by atoms with van der Waals surface area (Å²) in [6.45, 7) is 0.637. The average Bonchev–Trinajstić information content (AvgIpc) is 2.91. The maximum atomic E-state index is 11.0. The first-order chi connectivity index (χ1) is 6.27. The van der Waals surface area contributed by atoms with Gasteiger partial charge < -0.3 is 4.74 Å². The molecule has 2 rings (SSSR count). The molecule has 0 aromatic rings. The van der Waals surface area contributed by atoms with E-state index in [1.807, 2.05) is 0 Å². The molecule has 0 saturated heterocycles. The summed E-state index contributed by atoms with van der Waals surface area (Å²) in [4.78, 5) is 11.0. The van der Waals surface area contributed by atoms with Gasteiger partial charge in [-0.2, -0.15) is 5.11 Å². The molecule has 1 aliphatic heterocycles. The zero-order valence-corrected chi connectivity index (χ0v) is 7.70. The number of ether oxygens (including phenoxy) is 1. The van der Waals surface area contributed by atoms with Gasteiger partial charge in [0.1, 0.15) is 5.76 Å². The predicted octanol–water partition coefficient (Wildman–Crippen LogP) is 1.85. The molecule has 70 valence electrons. The summed E-state index contributed by atoms with van der Waals surface area (Å²) in [7, 11) is 0. The van der Waals surface area contributed by atoms with Crippen molar-refractivity contribution in [2.45, 2.75) is 18.2 Å². The molecule has 13 heavy (non-hydrogen) atoms. The summed E-state index contributed by atoms with van der Waals surface area (Å²) >= 11 is 5.74. The van der Waals surface area contributed by atoms with Gasteiger partial charge in [0.25, 0.3) is 5.91 Å². The standard InChI is InChI=1S/C8H9ClN2O2/c9-7-6(3-10-11-8(7)12)13-4-5-1-2-5/h3,5,7H,1-2,4H2. The summed E-state index contributed by atoms with van der Waals surface area (Å²) < 4.78 is 5.34. The minimum Gasteiger partial charge on any atom is -0.494 e. The molecular formula is C8H9ClN2O2. The smallest absolute Gasteiger partial charge is 0.290 e. The maximum Gasteiger partial charge on any atom is 0.290 e. The Hall–Kier alpha value is -0.900. The summed E-state index contributed by atoms with van der Waals surface area (Å²) in [6.07, 6.45) is 3.81.